The second kappa shape index (κ2) is 4.30. The van der Waals surface area contributed by atoms with Crippen molar-refractivity contribution in [3.8, 4) is 16.5 Å². The number of nitrogens with zero attached hydrogens (tertiary/aromatic N) is 4. The number of carboxylic acid groups (broad SMARTS) is 1. The zero-order valence-corrected chi connectivity index (χ0v) is 11.1. The Balaban J connectivity index is 1.93. The van der Waals surface area contributed by atoms with Gasteiger partial charge in [-0.2, -0.15) is 0 Å². The molecule has 7 nitrogen and oxygen atoms in total. The quantitative estimate of drug-likeness (QED) is 0.887. The van der Waals surface area contributed by atoms with Crippen LogP contribution in [0.3, 0.4) is 0 Å². The number of carbonyl (C=O) groups is 1. The summed E-state index contributed by atoms with van der Waals surface area (Å²) < 4.78 is 6.79. The van der Waals surface area contributed by atoms with Crippen molar-refractivity contribution < 1.29 is 14.6 Å². The van der Waals surface area contributed by atoms with Gasteiger partial charge in [-0.25, -0.2) is 4.68 Å². The van der Waals surface area contributed by atoms with E-state index >= 15 is 0 Å². The molecule has 1 N–H and O–H groups in total. The average Bonchev–Trinajstić information content (AvgIpc) is 2.84. The number of carboxylic acids is 1. The summed E-state index contributed by atoms with van der Waals surface area (Å²) in [7, 11) is 1.58. The Morgan fingerprint density at radius 1 is 1.63 bits per heavy atom. The van der Waals surface area contributed by atoms with Gasteiger partial charge in [0.05, 0.1) is 19.1 Å². The zero-order valence-electron chi connectivity index (χ0n) is 10.2. The number of tetrazole rings is 1. The third-order valence-electron chi connectivity index (χ3n) is 3.34. The van der Waals surface area contributed by atoms with Crippen LogP contribution in [0.5, 0.6) is 5.75 Å². The summed E-state index contributed by atoms with van der Waals surface area (Å²) in [5.41, 5.74) is -0.700. The van der Waals surface area contributed by atoms with E-state index in [2.05, 4.69) is 15.5 Å². The number of methoxy groups -OCH3 is 1. The van der Waals surface area contributed by atoms with Crippen molar-refractivity contribution in [3.05, 3.63) is 11.4 Å². The summed E-state index contributed by atoms with van der Waals surface area (Å²) in [4.78, 5) is 12.0. The van der Waals surface area contributed by atoms with Crippen molar-refractivity contribution in [1.29, 1.82) is 0 Å². The van der Waals surface area contributed by atoms with Crippen LogP contribution in [-0.4, -0.2) is 38.4 Å². The van der Waals surface area contributed by atoms with Crippen molar-refractivity contribution >= 4 is 17.3 Å². The molecule has 3 rings (SSSR count). The fourth-order valence-corrected chi connectivity index (χ4v) is 2.82. The Hall–Kier alpha value is -1.96. The van der Waals surface area contributed by atoms with Gasteiger partial charge < -0.3 is 9.84 Å². The molecule has 0 amide bonds. The van der Waals surface area contributed by atoms with Gasteiger partial charge in [-0.05, 0) is 34.7 Å². The molecular formula is C11H12N4O3S. The van der Waals surface area contributed by atoms with Crippen LogP contribution >= 0.6 is 11.3 Å². The van der Waals surface area contributed by atoms with Gasteiger partial charge in [0.2, 0.25) is 0 Å². The van der Waals surface area contributed by atoms with Gasteiger partial charge in [0, 0.05) is 0 Å². The van der Waals surface area contributed by atoms with Gasteiger partial charge in [-0.15, -0.1) is 16.4 Å². The van der Waals surface area contributed by atoms with E-state index in [9.17, 15) is 9.90 Å². The van der Waals surface area contributed by atoms with E-state index in [0.29, 0.717) is 31.0 Å². The third-order valence-corrected chi connectivity index (χ3v) is 4.24. The summed E-state index contributed by atoms with van der Waals surface area (Å²) in [6.45, 7) is 0.297. The molecule has 2 aromatic heterocycles. The Morgan fingerprint density at radius 2 is 2.42 bits per heavy atom. The highest BCUT2D eigenvalue weighted by molar-refractivity contribution is 7.13. The summed E-state index contributed by atoms with van der Waals surface area (Å²) in [5, 5.41) is 22.6. The maximum absolute atomic E-state index is 11.2. The molecule has 0 atom stereocenters. The minimum Gasteiger partial charge on any atom is -0.495 e. The van der Waals surface area contributed by atoms with Crippen LogP contribution in [0.2, 0.25) is 0 Å². The topological polar surface area (TPSA) is 90.1 Å². The molecule has 0 bridgehead atoms. The molecule has 1 aliphatic rings. The van der Waals surface area contributed by atoms with Crippen molar-refractivity contribution in [2.24, 2.45) is 5.41 Å². The van der Waals surface area contributed by atoms with Crippen molar-refractivity contribution in [3.63, 3.8) is 0 Å². The molecular weight excluding hydrogens is 268 g/mol. The summed E-state index contributed by atoms with van der Waals surface area (Å²) in [5.74, 6) is 0.465. The molecule has 1 saturated carbocycles. The van der Waals surface area contributed by atoms with Gasteiger partial charge in [0.1, 0.15) is 10.6 Å². The minimum atomic E-state index is -0.785. The van der Waals surface area contributed by atoms with E-state index in [-0.39, 0.29) is 0 Å². The van der Waals surface area contributed by atoms with Crippen LogP contribution in [0.15, 0.2) is 11.4 Å². The van der Waals surface area contributed by atoms with Crippen LogP contribution in [-0.2, 0) is 11.3 Å². The second-order valence-corrected chi connectivity index (χ2v) is 5.48. The van der Waals surface area contributed by atoms with Crippen LogP contribution in [0.4, 0.5) is 0 Å². The lowest BCUT2D eigenvalue weighted by Crippen LogP contribution is -2.22. The predicted octanol–water partition coefficient (Wildman–Crippen LogP) is 1.27. The number of aliphatic carboxylic acids is 1. The molecule has 0 saturated heterocycles. The van der Waals surface area contributed by atoms with Crippen LogP contribution in [0.25, 0.3) is 10.7 Å². The van der Waals surface area contributed by atoms with Crippen molar-refractivity contribution in [2.75, 3.05) is 7.11 Å². The van der Waals surface area contributed by atoms with Crippen LogP contribution in [0.1, 0.15) is 12.8 Å². The largest absolute Gasteiger partial charge is 0.495 e. The number of hydrogen-bond donors (Lipinski definition) is 1. The van der Waals surface area contributed by atoms with Crippen LogP contribution in [0, 0.1) is 5.41 Å². The predicted molar refractivity (Wildman–Crippen MR) is 67.0 cm³/mol. The zero-order chi connectivity index (χ0) is 13.5. The first-order valence-corrected chi connectivity index (χ1v) is 6.66. The van der Waals surface area contributed by atoms with Gasteiger partial charge in [-0.3, -0.25) is 4.79 Å². The Bertz CT molecular complexity index is 617. The normalized spacial score (nSPS) is 16.3. The molecule has 19 heavy (non-hydrogen) atoms. The molecule has 0 spiro atoms. The average molecular weight is 280 g/mol. The fourth-order valence-electron chi connectivity index (χ4n) is 1.97. The third kappa shape index (κ3) is 1.97. The lowest BCUT2D eigenvalue weighted by atomic mass is 10.1. The molecule has 0 unspecified atom stereocenters. The lowest BCUT2D eigenvalue weighted by Gasteiger charge is -2.10. The van der Waals surface area contributed by atoms with E-state index in [4.69, 9.17) is 4.74 Å². The summed E-state index contributed by atoms with van der Waals surface area (Å²) in [6, 6.07) is 1.84. The van der Waals surface area contributed by atoms with E-state index in [0.717, 1.165) is 4.88 Å². The van der Waals surface area contributed by atoms with Crippen molar-refractivity contribution in [1.82, 2.24) is 20.2 Å². The van der Waals surface area contributed by atoms with Gasteiger partial charge in [-0.1, -0.05) is 0 Å². The highest BCUT2D eigenvalue weighted by atomic mass is 32.1. The number of thiophene rings is 1. The molecule has 2 heterocycles. The van der Waals surface area contributed by atoms with Gasteiger partial charge in [0.25, 0.3) is 0 Å². The Kier molecular flexibility index (Phi) is 2.74. The molecule has 2 aromatic rings. The van der Waals surface area contributed by atoms with E-state index in [1.54, 1.807) is 11.8 Å². The standard InChI is InChI=1S/C11H12N4O3S/c1-18-7-2-5-19-8(7)9-12-13-14-15(9)6-11(3-4-11)10(16)17/h2,5H,3-4,6H2,1H3,(H,16,17). The number of ether oxygens (including phenoxy) is 1. The molecule has 1 aliphatic carbocycles. The highest BCUT2D eigenvalue weighted by Gasteiger charge is 2.51. The molecule has 0 aromatic carbocycles. The van der Waals surface area contributed by atoms with E-state index < -0.39 is 11.4 Å². The number of aromatic nitrogens is 4. The first-order valence-electron chi connectivity index (χ1n) is 5.78. The van der Waals surface area contributed by atoms with E-state index in [1.807, 2.05) is 11.4 Å². The lowest BCUT2D eigenvalue weighted by molar-refractivity contribution is -0.144. The summed E-state index contributed by atoms with van der Waals surface area (Å²) >= 11 is 1.47. The monoisotopic (exact) mass is 280 g/mol. The highest BCUT2D eigenvalue weighted by Crippen LogP contribution is 2.48. The smallest absolute Gasteiger partial charge is 0.311 e. The Labute approximate surface area is 112 Å². The fraction of sp³-hybridized carbons (Fsp3) is 0.455. The van der Waals surface area contributed by atoms with E-state index in [1.165, 1.54) is 11.3 Å². The maximum Gasteiger partial charge on any atom is 0.311 e. The first kappa shape index (κ1) is 12.1. The van der Waals surface area contributed by atoms with Gasteiger partial charge >= 0.3 is 5.97 Å². The molecule has 0 radical (unpaired) electrons. The van der Waals surface area contributed by atoms with Crippen molar-refractivity contribution in [2.45, 2.75) is 19.4 Å². The minimum absolute atomic E-state index is 0.297. The first-order chi connectivity index (χ1) is 9.16. The molecule has 1 fully saturated rings. The van der Waals surface area contributed by atoms with Crippen LogP contribution < -0.4 is 4.74 Å². The molecule has 0 aliphatic heterocycles. The number of hydrogen-bond acceptors (Lipinski definition) is 6. The Morgan fingerprint density at radius 3 is 3.05 bits per heavy atom. The maximum atomic E-state index is 11.2. The molecule has 8 heteroatoms. The molecule has 100 valence electrons. The summed E-state index contributed by atoms with van der Waals surface area (Å²) in [6.07, 6.45) is 1.34. The van der Waals surface area contributed by atoms with Gasteiger partial charge in [0.15, 0.2) is 5.82 Å². The SMILES string of the molecule is COc1ccsc1-c1nnnn1CC1(C(=O)O)CC1. The second-order valence-electron chi connectivity index (χ2n) is 4.56. The number of rotatable bonds is 5.